The molecule has 0 heterocycles. The number of benzene rings is 2. The van der Waals surface area contributed by atoms with E-state index in [0.29, 0.717) is 11.1 Å². The van der Waals surface area contributed by atoms with Gasteiger partial charge in [0.15, 0.2) is 0 Å². The van der Waals surface area contributed by atoms with E-state index in [1.54, 1.807) is 30.3 Å². The number of halogens is 1. The van der Waals surface area contributed by atoms with E-state index in [2.05, 4.69) is 6.07 Å². The first-order valence-corrected chi connectivity index (χ1v) is 4.98. The first kappa shape index (κ1) is 10.4. The third-order valence-electron chi connectivity index (χ3n) is 2.53. The van der Waals surface area contributed by atoms with Gasteiger partial charge in [-0.15, -0.1) is 0 Å². The normalized spacial score (nSPS) is 9.81. The van der Waals surface area contributed by atoms with Crippen molar-refractivity contribution in [3.8, 4) is 17.2 Å². The lowest BCUT2D eigenvalue weighted by atomic mass is 10.00. The molecule has 1 nitrogen and oxygen atoms in total. The fraction of sp³-hybridized carbons (Fsp3) is 0.0714. The van der Waals surface area contributed by atoms with Crippen LogP contribution in [0.15, 0.2) is 42.5 Å². The van der Waals surface area contributed by atoms with Crippen molar-refractivity contribution < 1.29 is 4.39 Å². The summed E-state index contributed by atoms with van der Waals surface area (Å²) in [5, 5.41) is 8.81. The summed E-state index contributed by atoms with van der Waals surface area (Å²) in [5.41, 5.74) is 2.85. The molecule has 0 amide bonds. The molecule has 0 unspecified atom stereocenters. The Balaban J connectivity index is 2.55. The van der Waals surface area contributed by atoms with Gasteiger partial charge in [0.05, 0.1) is 11.6 Å². The molecule has 0 atom stereocenters. The topological polar surface area (TPSA) is 23.8 Å². The number of nitriles is 1. The van der Waals surface area contributed by atoms with Gasteiger partial charge in [-0.25, -0.2) is 4.39 Å². The Kier molecular flexibility index (Phi) is 2.70. The number of aryl methyl sites for hydroxylation is 1. The van der Waals surface area contributed by atoms with Crippen LogP contribution >= 0.6 is 0 Å². The maximum atomic E-state index is 13.5. The van der Waals surface area contributed by atoms with Gasteiger partial charge < -0.3 is 0 Å². The van der Waals surface area contributed by atoms with E-state index in [9.17, 15) is 4.39 Å². The SMILES string of the molecule is Cc1cc(-c2ccccc2F)ccc1C#N. The van der Waals surface area contributed by atoms with Gasteiger partial charge in [-0.1, -0.05) is 30.3 Å². The Bertz CT molecular complexity index is 567. The Morgan fingerprint density at radius 2 is 1.88 bits per heavy atom. The summed E-state index contributed by atoms with van der Waals surface area (Å²) in [4.78, 5) is 0. The van der Waals surface area contributed by atoms with Gasteiger partial charge in [-0.3, -0.25) is 0 Å². The van der Waals surface area contributed by atoms with E-state index in [1.807, 2.05) is 13.0 Å². The van der Waals surface area contributed by atoms with Crippen molar-refractivity contribution in [1.29, 1.82) is 5.26 Å². The first-order chi connectivity index (χ1) is 7.72. The second kappa shape index (κ2) is 4.16. The standard InChI is InChI=1S/C14H10FN/c1-10-8-11(6-7-12(10)9-16)13-4-2-3-5-14(13)15/h2-8H,1H3. The molecule has 0 radical (unpaired) electrons. The fourth-order valence-corrected chi connectivity index (χ4v) is 1.65. The number of hydrogen-bond donors (Lipinski definition) is 0. The van der Waals surface area contributed by atoms with E-state index in [-0.39, 0.29) is 5.82 Å². The molecule has 78 valence electrons. The second-order valence-corrected chi connectivity index (χ2v) is 3.62. The van der Waals surface area contributed by atoms with Gasteiger partial charge in [0, 0.05) is 5.56 Å². The lowest BCUT2D eigenvalue weighted by molar-refractivity contribution is 0.631. The second-order valence-electron chi connectivity index (χ2n) is 3.62. The smallest absolute Gasteiger partial charge is 0.131 e. The number of hydrogen-bond acceptors (Lipinski definition) is 1. The van der Waals surface area contributed by atoms with Gasteiger partial charge in [0.25, 0.3) is 0 Å². The number of nitrogens with zero attached hydrogens (tertiary/aromatic N) is 1. The number of rotatable bonds is 1. The molecule has 0 spiro atoms. The molecule has 2 heteroatoms. The van der Waals surface area contributed by atoms with Crippen molar-refractivity contribution in [3.05, 3.63) is 59.4 Å². The van der Waals surface area contributed by atoms with Crippen LogP contribution in [-0.4, -0.2) is 0 Å². The molecule has 0 N–H and O–H groups in total. The molecule has 0 aromatic heterocycles. The quantitative estimate of drug-likeness (QED) is 0.706. The van der Waals surface area contributed by atoms with Crippen molar-refractivity contribution in [3.63, 3.8) is 0 Å². The van der Waals surface area contributed by atoms with Crippen LogP contribution in [-0.2, 0) is 0 Å². The molecule has 0 fully saturated rings. The Morgan fingerprint density at radius 1 is 1.12 bits per heavy atom. The zero-order valence-electron chi connectivity index (χ0n) is 8.87. The third kappa shape index (κ3) is 1.80. The molecule has 2 rings (SSSR count). The lowest BCUT2D eigenvalue weighted by Crippen LogP contribution is -1.87. The minimum absolute atomic E-state index is 0.244. The predicted octanol–water partition coefficient (Wildman–Crippen LogP) is 3.67. The van der Waals surface area contributed by atoms with Crippen LogP contribution in [0.1, 0.15) is 11.1 Å². The van der Waals surface area contributed by atoms with E-state index >= 15 is 0 Å². The van der Waals surface area contributed by atoms with Crippen LogP contribution in [0.4, 0.5) is 4.39 Å². The maximum Gasteiger partial charge on any atom is 0.131 e. The average Bonchev–Trinajstić information content (AvgIpc) is 2.29. The average molecular weight is 211 g/mol. The maximum absolute atomic E-state index is 13.5. The summed E-state index contributed by atoms with van der Waals surface area (Å²) in [6.07, 6.45) is 0. The van der Waals surface area contributed by atoms with Crippen molar-refractivity contribution >= 4 is 0 Å². The van der Waals surface area contributed by atoms with E-state index in [0.717, 1.165) is 11.1 Å². The van der Waals surface area contributed by atoms with Crippen LogP contribution in [0.25, 0.3) is 11.1 Å². The highest BCUT2D eigenvalue weighted by atomic mass is 19.1. The van der Waals surface area contributed by atoms with Gasteiger partial charge in [0.1, 0.15) is 5.82 Å². The van der Waals surface area contributed by atoms with Crippen molar-refractivity contribution in [2.75, 3.05) is 0 Å². The monoisotopic (exact) mass is 211 g/mol. The van der Waals surface area contributed by atoms with Crippen LogP contribution < -0.4 is 0 Å². The van der Waals surface area contributed by atoms with Crippen LogP contribution in [0, 0.1) is 24.1 Å². The molecule has 0 aliphatic carbocycles. The highest BCUT2D eigenvalue weighted by Crippen LogP contribution is 2.24. The van der Waals surface area contributed by atoms with Gasteiger partial charge >= 0.3 is 0 Å². The predicted molar refractivity (Wildman–Crippen MR) is 61.3 cm³/mol. The first-order valence-electron chi connectivity index (χ1n) is 4.98. The highest BCUT2D eigenvalue weighted by Gasteiger charge is 2.05. The van der Waals surface area contributed by atoms with Gasteiger partial charge in [0.2, 0.25) is 0 Å². The molecule has 16 heavy (non-hydrogen) atoms. The summed E-state index contributed by atoms with van der Waals surface area (Å²) in [7, 11) is 0. The molecule has 2 aromatic carbocycles. The zero-order valence-corrected chi connectivity index (χ0v) is 8.87. The molecule has 0 saturated carbocycles. The van der Waals surface area contributed by atoms with Crippen LogP contribution in [0.3, 0.4) is 0 Å². The van der Waals surface area contributed by atoms with Crippen LogP contribution in [0.5, 0.6) is 0 Å². The molecule has 0 bridgehead atoms. The van der Waals surface area contributed by atoms with Crippen molar-refractivity contribution in [1.82, 2.24) is 0 Å². The van der Waals surface area contributed by atoms with Gasteiger partial charge in [-0.2, -0.15) is 5.26 Å². The molecular formula is C14H10FN. The molecule has 0 aliphatic heterocycles. The Hall–Kier alpha value is -2.14. The van der Waals surface area contributed by atoms with Crippen molar-refractivity contribution in [2.24, 2.45) is 0 Å². The molecular weight excluding hydrogens is 201 g/mol. The van der Waals surface area contributed by atoms with Crippen LogP contribution in [0.2, 0.25) is 0 Å². The summed E-state index contributed by atoms with van der Waals surface area (Å²) in [6, 6.07) is 14.0. The minimum atomic E-state index is -0.244. The van der Waals surface area contributed by atoms with Gasteiger partial charge in [-0.05, 0) is 30.2 Å². The summed E-state index contributed by atoms with van der Waals surface area (Å²) in [6.45, 7) is 1.85. The van der Waals surface area contributed by atoms with E-state index in [4.69, 9.17) is 5.26 Å². The molecule has 2 aromatic rings. The summed E-state index contributed by atoms with van der Waals surface area (Å²) < 4.78 is 13.5. The lowest BCUT2D eigenvalue weighted by Gasteiger charge is -2.05. The largest absolute Gasteiger partial charge is 0.206 e. The Labute approximate surface area is 93.8 Å². The minimum Gasteiger partial charge on any atom is -0.206 e. The summed E-state index contributed by atoms with van der Waals surface area (Å²) in [5.74, 6) is -0.244. The fourth-order valence-electron chi connectivity index (χ4n) is 1.65. The third-order valence-corrected chi connectivity index (χ3v) is 2.53. The Morgan fingerprint density at radius 3 is 2.50 bits per heavy atom. The summed E-state index contributed by atoms with van der Waals surface area (Å²) >= 11 is 0. The molecule has 0 aliphatic rings. The van der Waals surface area contributed by atoms with E-state index < -0.39 is 0 Å². The zero-order chi connectivity index (χ0) is 11.5. The van der Waals surface area contributed by atoms with E-state index in [1.165, 1.54) is 6.07 Å². The van der Waals surface area contributed by atoms with Crippen molar-refractivity contribution in [2.45, 2.75) is 6.92 Å². The highest BCUT2D eigenvalue weighted by molar-refractivity contribution is 5.66. The molecule has 0 saturated heterocycles.